The number of anilines is 2. The van der Waals surface area contributed by atoms with Crippen LogP contribution in [0.2, 0.25) is 10.0 Å². The van der Waals surface area contributed by atoms with Gasteiger partial charge in [-0.15, -0.1) is 0 Å². The van der Waals surface area contributed by atoms with E-state index in [0.717, 1.165) is 39.3 Å². The summed E-state index contributed by atoms with van der Waals surface area (Å²) in [4.78, 5) is 3.36. The summed E-state index contributed by atoms with van der Waals surface area (Å²) in [6, 6.07) is 23.4. The SMILES string of the molecule is Cc1cc(Nc2ccc(OCc3ccccc3Cl)cc2)c2cc(Cl)ccc2[nH+]1. The van der Waals surface area contributed by atoms with Crippen LogP contribution in [0.5, 0.6) is 5.75 Å². The van der Waals surface area contributed by atoms with Gasteiger partial charge in [0.15, 0.2) is 5.69 Å². The smallest absolute Gasteiger partial charge is 0.213 e. The van der Waals surface area contributed by atoms with Gasteiger partial charge in [0.1, 0.15) is 12.4 Å². The van der Waals surface area contributed by atoms with Crippen molar-refractivity contribution >= 4 is 45.5 Å². The lowest BCUT2D eigenvalue weighted by Crippen LogP contribution is -2.09. The predicted molar refractivity (Wildman–Crippen MR) is 116 cm³/mol. The van der Waals surface area contributed by atoms with E-state index in [0.29, 0.717) is 16.7 Å². The van der Waals surface area contributed by atoms with E-state index in [1.165, 1.54) is 0 Å². The molecule has 0 amide bonds. The summed E-state index contributed by atoms with van der Waals surface area (Å²) in [5.41, 5.74) is 5.03. The Bertz CT molecular complexity index is 1130. The van der Waals surface area contributed by atoms with Crippen molar-refractivity contribution < 1.29 is 9.72 Å². The lowest BCUT2D eigenvalue weighted by atomic mass is 10.1. The summed E-state index contributed by atoms with van der Waals surface area (Å²) >= 11 is 12.4. The van der Waals surface area contributed by atoms with E-state index in [9.17, 15) is 0 Å². The zero-order chi connectivity index (χ0) is 19.5. The zero-order valence-corrected chi connectivity index (χ0v) is 16.8. The lowest BCUT2D eigenvalue weighted by Gasteiger charge is -2.11. The Hall–Kier alpha value is -2.75. The van der Waals surface area contributed by atoms with Gasteiger partial charge in [-0.3, -0.25) is 0 Å². The molecule has 0 aliphatic heterocycles. The maximum Gasteiger partial charge on any atom is 0.213 e. The van der Waals surface area contributed by atoms with Crippen molar-refractivity contribution in [3.8, 4) is 5.75 Å². The number of benzene rings is 3. The molecule has 0 aliphatic carbocycles. The Balaban J connectivity index is 1.51. The third-order valence-electron chi connectivity index (χ3n) is 4.45. The minimum atomic E-state index is 0.434. The van der Waals surface area contributed by atoms with E-state index in [2.05, 4.69) is 16.4 Å². The molecule has 4 aromatic rings. The summed E-state index contributed by atoms with van der Waals surface area (Å²) in [6.45, 7) is 2.47. The molecule has 4 rings (SSSR count). The van der Waals surface area contributed by atoms with Crippen LogP contribution < -0.4 is 15.0 Å². The summed E-state index contributed by atoms with van der Waals surface area (Å²) in [5.74, 6) is 0.788. The molecule has 0 bridgehead atoms. The average molecular weight is 410 g/mol. The molecule has 28 heavy (non-hydrogen) atoms. The second-order valence-corrected chi connectivity index (χ2v) is 7.43. The van der Waals surface area contributed by atoms with Crippen LogP contribution in [0.1, 0.15) is 11.3 Å². The maximum atomic E-state index is 6.18. The molecule has 0 spiro atoms. The van der Waals surface area contributed by atoms with Gasteiger partial charge in [-0.25, -0.2) is 4.98 Å². The van der Waals surface area contributed by atoms with Crippen LogP contribution in [0.15, 0.2) is 72.8 Å². The average Bonchev–Trinajstić information content (AvgIpc) is 2.69. The van der Waals surface area contributed by atoms with Gasteiger partial charge in [0, 0.05) is 40.4 Å². The molecule has 0 saturated heterocycles. The number of aromatic amines is 1. The fraction of sp³-hybridized carbons (Fsp3) is 0.0870. The highest BCUT2D eigenvalue weighted by Crippen LogP contribution is 2.28. The number of halogens is 2. The van der Waals surface area contributed by atoms with Crippen LogP contribution in [0, 0.1) is 6.92 Å². The van der Waals surface area contributed by atoms with Crippen molar-refractivity contribution in [3.05, 3.63) is 94.1 Å². The third kappa shape index (κ3) is 4.22. The van der Waals surface area contributed by atoms with Crippen LogP contribution in [-0.4, -0.2) is 0 Å². The van der Waals surface area contributed by atoms with Crippen LogP contribution >= 0.6 is 23.2 Å². The molecule has 0 fully saturated rings. The van der Waals surface area contributed by atoms with E-state index in [1.54, 1.807) is 0 Å². The van der Waals surface area contributed by atoms with E-state index < -0.39 is 0 Å². The van der Waals surface area contributed by atoms with Gasteiger partial charge in [-0.05, 0) is 42.5 Å². The standard InChI is InChI=1S/C23H18Cl2N2O/c1-15-12-23(20-13-17(24)6-11-22(20)26-15)27-18-7-9-19(10-8-18)28-14-16-4-2-3-5-21(16)25/h2-13H,14H2,1H3,(H,26,27)/p+1. The number of nitrogens with one attached hydrogen (secondary N) is 2. The summed E-state index contributed by atoms with van der Waals surface area (Å²) in [6.07, 6.45) is 0. The van der Waals surface area contributed by atoms with Gasteiger partial charge < -0.3 is 10.1 Å². The number of pyridine rings is 1. The van der Waals surface area contributed by atoms with Crippen molar-refractivity contribution in [1.29, 1.82) is 0 Å². The molecule has 3 aromatic carbocycles. The monoisotopic (exact) mass is 409 g/mol. The summed E-state index contributed by atoms with van der Waals surface area (Å²) < 4.78 is 5.85. The van der Waals surface area contributed by atoms with E-state index >= 15 is 0 Å². The minimum absolute atomic E-state index is 0.434. The Labute approximate surface area is 173 Å². The summed E-state index contributed by atoms with van der Waals surface area (Å²) in [5, 5.41) is 5.92. The maximum absolute atomic E-state index is 6.18. The molecule has 5 heteroatoms. The van der Waals surface area contributed by atoms with Crippen LogP contribution in [0.4, 0.5) is 11.4 Å². The highest BCUT2D eigenvalue weighted by molar-refractivity contribution is 6.31. The number of hydrogen-bond acceptors (Lipinski definition) is 2. The molecule has 0 unspecified atom stereocenters. The molecular formula is C23H19Cl2N2O+. The van der Waals surface area contributed by atoms with Crippen molar-refractivity contribution in [2.75, 3.05) is 5.32 Å². The Morgan fingerprint density at radius 3 is 2.50 bits per heavy atom. The fourth-order valence-electron chi connectivity index (χ4n) is 3.06. The van der Waals surface area contributed by atoms with Gasteiger partial charge in [-0.2, -0.15) is 0 Å². The van der Waals surface area contributed by atoms with Gasteiger partial charge in [-0.1, -0.05) is 41.4 Å². The van der Waals surface area contributed by atoms with E-state index in [1.807, 2.05) is 73.7 Å². The molecule has 0 saturated carbocycles. The van der Waals surface area contributed by atoms with Crippen LogP contribution in [0.25, 0.3) is 10.9 Å². The van der Waals surface area contributed by atoms with Gasteiger partial charge in [0.05, 0.1) is 11.1 Å². The molecule has 140 valence electrons. The second kappa shape index (κ2) is 8.09. The molecule has 0 radical (unpaired) electrons. The number of rotatable bonds is 5. The van der Waals surface area contributed by atoms with E-state index in [-0.39, 0.29) is 0 Å². The number of aromatic nitrogens is 1. The number of aryl methyl sites for hydroxylation is 1. The highest BCUT2D eigenvalue weighted by Gasteiger charge is 2.10. The predicted octanol–water partition coefficient (Wildman–Crippen LogP) is 6.59. The molecule has 3 nitrogen and oxygen atoms in total. The largest absolute Gasteiger partial charge is 0.489 e. The van der Waals surface area contributed by atoms with Gasteiger partial charge in [0.2, 0.25) is 5.52 Å². The summed E-state index contributed by atoms with van der Waals surface area (Å²) in [7, 11) is 0. The lowest BCUT2D eigenvalue weighted by molar-refractivity contribution is -0.354. The fourth-order valence-corrected chi connectivity index (χ4v) is 3.42. The molecule has 1 aromatic heterocycles. The zero-order valence-electron chi connectivity index (χ0n) is 15.3. The molecular weight excluding hydrogens is 391 g/mol. The van der Waals surface area contributed by atoms with Crippen LogP contribution in [-0.2, 0) is 6.61 Å². The minimum Gasteiger partial charge on any atom is -0.489 e. The number of hydrogen-bond donors (Lipinski definition) is 1. The van der Waals surface area contributed by atoms with Crippen molar-refractivity contribution in [3.63, 3.8) is 0 Å². The molecule has 0 atom stereocenters. The quantitative estimate of drug-likeness (QED) is 0.403. The third-order valence-corrected chi connectivity index (χ3v) is 5.05. The highest BCUT2D eigenvalue weighted by atomic mass is 35.5. The first-order valence-electron chi connectivity index (χ1n) is 8.94. The number of H-pyrrole nitrogens is 1. The van der Waals surface area contributed by atoms with Gasteiger partial charge >= 0.3 is 0 Å². The van der Waals surface area contributed by atoms with E-state index in [4.69, 9.17) is 27.9 Å². The van der Waals surface area contributed by atoms with Crippen molar-refractivity contribution in [2.45, 2.75) is 13.5 Å². The van der Waals surface area contributed by atoms with Crippen LogP contribution in [0.3, 0.4) is 0 Å². The normalized spacial score (nSPS) is 10.8. The van der Waals surface area contributed by atoms with Crippen molar-refractivity contribution in [2.24, 2.45) is 0 Å². The Kier molecular flexibility index (Phi) is 5.38. The Morgan fingerprint density at radius 2 is 1.71 bits per heavy atom. The molecule has 0 aliphatic rings. The first-order chi connectivity index (χ1) is 13.6. The Morgan fingerprint density at radius 1 is 0.929 bits per heavy atom. The molecule has 2 N–H and O–H groups in total. The van der Waals surface area contributed by atoms with Crippen molar-refractivity contribution in [1.82, 2.24) is 0 Å². The number of ether oxygens (including phenoxy) is 1. The first-order valence-corrected chi connectivity index (χ1v) is 9.69. The second-order valence-electron chi connectivity index (χ2n) is 6.59. The first kappa shape index (κ1) is 18.6. The van der Waals surface area contributed by atoms with Gasteiger partial charge in [0.25, 0.3) is 0 Å². The number of fused-ring (bicyclic) bond motifs is 1. The topological polar surface area (TPSA) is 35.4 Å². The molecule has 1 heterocycles.